The Morgan fingerprint density at radius 1 is 0.818 bits per heavy atom. The van der Waals surface area contributed by atoms with Gasteiger partial charge >= 0.3 is 29.6 Å². The molecule has 22 heavy (non-hydrogen) atoms. The van der Waals surface area contributed by atoms with Crippen LogP contribution in [0, 0.1) is 0 Å². The van der Waals surface area contributed by atoms with Crippen LogP contribution in [-0.4, -0.2) is 29.9 Å². The molecule has 0 aromatic carbocycles. The summed E-state index contributed by atoms with van der Waals surface area (Å²) in [7, 11) is -4.04. The molecule has 0 saturated heterocycles. The third-order valence-electron chi connectivity index (χ3n) is 3.82. The van der Waals surface area contributed by atoms with E-state index in [1.807, 2.05) is 0 Å². The summed E-state index contributed by atoms with van der Waals surface area (Å²) in [6.45, 7) is 2.21. The first-order valence-corrected chi connectivity index (χ1v) is 10.1. The van der Waals surface area contributed by atoms with Gasteiger partial charge in [-0.25, -0.2) is 8.42 Å². The summed E-state index contributed by atoms with van der Waals surface area (Å²) in [5.41, 5.74) is 0. The molecular formula is C16H33NaO4S. The van der Waals surface area contributed by atoms with Crippen LogP contribution in [0.4, 0.5) is 0 Å². The Kier molecular flexibility index (Phi) is 19.1. The van der Waals surface area contributed by atoms with Crippen molar-refractivity contribution in [2.45, 2.75) is 96.5 Å². The van der Waals surface area contributed by atoms with Crippen molar-refractivity contribution in [1.82, 2.24) is 0 Å². The van der Waals surface area contributed by atoms with Crippen molar-refractivity contribution in [3.8, 4) is 0 Å². The van der Waals surface area contributed by atoms with Crippen LogP contribution in [0.3, 0.4) is 0 Å². The van der Waals surface area contributed by atoms with Gasteiger partial charge in [-0.3, -0.25) is 0 Å². The van der Waals surface area contributed by atoms with Crippen molar-refractivity contribution in [1.29, 1.82) is 0 Å². The van der Waals surface area contributed by atoms with Crippen LogP contribution in [0.2, 0.25) is 0 Å². The largest absolute Gasteiger partial charge is 1.00 e. The molecule has 1 unspecified atom stereocenters. The number of rotatable bonds is 15. The van der Waals surface area contributed by atoms with Gasteiger partial charge in [-0.2, -0.15) is 0 Å². The monoisotopic (exact) mass is 344 g/mol. The van der Waals surface area contributed by atoms with Crippen LogP contribution in [0.25, 0.3) is 0 Å². The van der Waals surface area contributed by atoms with Gasteiger partial charge in [0.1, 0.15) is 0 Å². The number of hydrogen-bond donors (Lipinski definition) is 1. The van der Waals surface area contributed by atoms with E-state index in [1.54, 1.807) is 0 Å². The van der Waals surface area contributed by atoms with Crippen molar-refractivity contribution in [2.24, 2.45) is 0 Å². The summed E-state index contributed by atoms with van der Waals surface area (Å²) < 4.78 is 31.2. The van der Waals surface area contributed by atoms with Gasteiger partial charge < -0.3 is 9.66 Å². The fourth-order valence-electron chi connectivity index (χ4n) is 2.49. The minimum absolute atomic E-state index is 0. The Morgan fingerprint density at radius 3 is 1.68 bits per heavy atom. The third kappa shape index (κ3) is 20.9. The zero-order chi connectivity index (χ0) is 16.0. The van der Waals surface area contributed by atoms with E-state index in [9.17, 15) is 18.1 Å². The van der Waals surface area contributed by atoms with E-state index >= 15 is 0 Å². The molecule has 0 aliphatic heterocycles. The fraction of sp³-hybridized carbons (Fsp3) is 1.00. The first-order chi connectivity index (χ1) is 9.95. The Bertz CT molecular complexity index is 320. The first-order valence-electron chi connectivity index (χ1n) is 8.57. The molecule has 0 aliphatic rings. The summed E-state index contributed by atoms with van der Waals surface area (Å²) >= 11 is 0. The van der Waals surface area contributed by atoms with E-state index in [4.69, 9.17) is 0 Å². The standard InChI is InChI=1S/C16H34O4S.Na/c1-2-3-4-5-7-10-13-16(17)14-11-8-6-9-12-15-21(18,19)20;/h16-17H,2-15H2,1H3,(H,18,19,20);/q;+1/p-1. The van der Waals surface area contributed by atoms with Crippen molar-refractivity contribution >= 4 is 10.1 Å². The Balaban J connectivity index is 0. The molecule has 0 bridgehead atoms. The summed E-state index contributed by atoms with van der Waals surface area (Å²) in [6.07, 6.45) is 13.3. The van der Waals surface area contributed by atoms with Gasteiger partial charge in [-0.1, -0.05) is 71.1 Å². The number of aliphatic hydroxyl groups is 1. The predicted octanol–water partition coefficient (Wildman–Crippen LogP) is 0.988. The molecular weight excluding hydrogens is 311 g/mol. The molecule has 0 fully saturated rings. The molecule has 4 nitrogen and oxygen atoms in total. The molecule has 128 valence electrons. The van der Waals surface area contributed by atoms with Gasteiger partial charge in [0.05, 0.1) is 16.2 Å². The van der Waals surface area contributed by atoms with Crippen molar-refractivity contribution in [3.05, 3.63) is 0 Å². The molecule has 1 N–H and O–H groups in total. The molecule has 0 aromatic heterocycles. The Morgan fingerprint density at radius 2 is 1.23 bits per heavy atom. The van der Waals surface area contributed by atoms with Gasteiger partial charge in [0.2, 0.25) is 0 Å². The normalized spacial score (nSPS) is 12.9. The van der Waals surface area contributed by atoms with Crippen LogP contribution in [0.15, 0.2) is 0 Å². The minimum atomic E-state index is -4.04. The average Bonchev–Trinajstić information content (AvgIpc) is 2.40. The molecule has 0 aliphatic carbocycles. The summed E-state index contributed by atoms with van der Waals surface area (Å²) in [5.74, 6) is -0.242. The molecule has 0 radical (unpaired) electrons. The first kappa shape index (κ1) is 25.1. The molecule has 0 amide bonds. The zero-order valence-electron chi connectivity index (χ0n) is 14.6. The van der Waals surface area contributed by atoms with E-state index in [-0.39, 0.29) is 41.4 Å². The number of aliphatic hydroxyl groups excluding tert-OH is 1. The molecule has 0 heterocycles. The molecule has 0 spiro atoms. The third-order valence-corrected chi connectivity index (χ3v) is 4.61. The second kappa shape index (κ2) is 16.7. The fourth-order valence-corrected chi connectivity index (χ4v) is 3.05. The number of unbranched alkanes of at least 4 members (excludes halogenated alkanes) is 9. The van der Waals surface area contributed by atoms with E-state index in [1.165, 1.54) is 32.1 Å². The van der Waals surface area contributed by atoms with Crippen LogP contribution in [0.5, 0.6) is 0 Å². The summed E-state index contributed by atoms with van der Waals surface area (Å²) in [4.78, 5) is 0. The summed E-state index contributed by atoms with van der Waals surface area (Å²) in [6, 6.07) is 0. The Hall–Kier alpha value is 0.870. The Labute approximate surface area is 159 Å². The van der Waals surface area contributed by atoms with E-state index in [2.05, 4.69) is 6.92 Å². The second-order valence-corrected chi connectivity index (χ2v) is 7.55. The SMILES string of the molecule is CCCCCCCCC(O)CCCCCCCS(=O)(=O)[O-].[Na+]. The molecule has 0 aromatic rings. The maximum Gasteiger partial charge on any atom is 1.00 e. The van der Waals surface area contributed by atoms with Gasteiger partial charge in [-0.15, -0.1) is 0 Å². The van der Waals surface area contributed by atoms with E-state index in [0.717, 1.165) is 44.9 Å². The zero-order valence-corrected chi connectivity index (χ0v) is 17.4. The number of hydrogen-bond acceptors (Lipinski definition) is 4. The van der Waals surface area contributed by atoms with Crippen LogP contribution in [-0.2, 0) is 10.1 Å². The quantitative estimate of drug-likeness (QED) is 0.273. The van der Waals surface area contributed by atoms with Gasteiger partial charge in [0.25, 0.3) is 0 Å². The average molecular weight is 344 g/mol. The van der Waals surface area contributed by atoms with Crippen molar-refractivity contribution < 1.29 is 47.6 Å². The van der Waals surface area contributed by atoms with E-state index in [0.29, 0.717) is 6.42 Å². The topological polar surface area (TPSA) is 77.4 Å². The second-order valence-electron chi connectivity index (χ2n) is 6.03. The maximum atomic E-state index is 10.4. The van der Waals surface area contributed by atoms with Crippen molar-refractivity contribution in [2.75, 3.05) is 5.75 Å². The van der Waals surface area contributed by atoms with Gasteiger partial charge in [0, 0.05) is 5.75 Å². The molecule has 0 rings (SSSR count). The van der Waals surface area contributed by atoms with Gasteiger partial charge in [-0.05, 0) is 19.3 Å². The van der Waals surface area contributed by atoms with Crippen LogP contribution < -0.4 is 29.6 Å². The van der Waals surface area contributed by atoms with Crippen LogP contribution >= 0.6 is 0 Å². The van der Waals surface area contributed by atoms with Crippen LogP contribution in [0.1, 0.15) is 90.4 Å². The maximum absolute atomic E-state index is 10.4. The van der Waals surface area contributed by atoms with E-state index < -0.39 is 10.1 Å². The smallest absolute Gasteiger partial charge is 0.748 e. The van der Waals surface area contributed by atoms with Gasteiger partial charge in [0.15, 0.2) is 0 Å². The molecule has 0 saturated carbocycles. The molecule has 6 heteroatoms. The molecule has 1 atom stereocenters. The summed E-state index contributed by atoms with van der Waals surface area (Å²) in [5, 5.41) is 9.84. The predicted molar refractivity (Wildman–Crippen MR) is 86.3 cm³/mol. The van der Waals surface area contributed by atoms with Crippen molar-refractivity contribution in [3.63, 3.8) is 0 Å². The minimum Gasteiger partial charge on any atom is -0.748 e.